The predicted molar refractivity (Wildman–Crippen MR) is 83.3 cm³/mol. The van der Waals surface area contributed by atoms with Gasteiger partial charge in [0, 0.05) is 13.1 Å². The van der Waals surface area contributed by atoms with Crippen LogP contribution in [-0.2, 0) is 0 Å². The van der Waals surface area contributed by atoms with E-state index in [2.05, 4.69) is 5.32 Å². The molecule has 0 aliphatic heterocycles. The summed E-state index contributed by atoms with van der Waals surface area (Å²) in [5.74, 6) is 1.60. The van der Waals surface area contributed by atoms with Crippen LogP contribution in [0.2, 0.25) is 0 Å². The van der Waals surface area contributed by atoms with E-state index >= 15 is 0 Å². The van der Waals surface area contributed by atoms with Crippen LogP contribution in [0.1, 0.15) is 11.3 Å². The predicted octanol–water partition coefficient (Wildman–Crippen LogP) is 2.63. The average molecular weight is 287 g/mol. The fourth-order valence-electron chi connectivity index (χ4n) is 1.85. The van der Waals surface area contributed by atoms with Crippen LogP contribution in [0, 0.1) is 6.92 Å². The molecule has 1 atom stereocenters. The van der Waals surface area contributed by atoms with Gasteiger partial charge in [0.15, 0.2) is 0 Å². The normalized spacial score (nSPS) is 12.7. The summed E-state index contributed by atoms with van der Waals surface area (Å²) in [5.41, 5.74) is 1.14. The average Bonchev–Trinajstić information content (AvgIpc) is 2.98. The second kappa shape index (κ2) is 8.29. The van der Waals surface area contributed by atoms with Crippen molar-refractivity contribution in [2.75, 3.05) is 19.7 Å². The first-order valence-corrected chi connectivity index (χ1v) is 7.02. The number of rotatable bonds is 8. The second-order valence-electron chi connectivity index (χ2n) is 4.86. The minimum absolute atomic E-state index is 0.276. The van der Waals surface area contributed by atoms with Crippen LogP contribution < -0.4 is 10.1 Å². The number of benzene rings is 1. The lowest BCUT2D eigenvalue weighted by Gasteiger charge is -2.12. The molecule has 2 aromatic rings. The molecule has 0 spiro atoms. The first kappa shape index (κ1) is 15.4. The molecule has 0 fully saturated rings. The van der Waals surface area contributed by atoms with E-state index in [0.29, 0.717) is 13.1 Å². The van der Waals surface area contributed by atoms with Crippen molar-refractivity contribution in [2.24, 2.45) is 0 Å². The van der Waals surface area contributed by atoms with Crippen LogP contribution in [0.4, 0.5) is 0 Å². The lowest BCUT2D eigenvalue weighted by molar-refractivity contribution is 0.107. The second-order valence-corrected chi connectivity index (χ2v) is 4.86. The molecule has 0 bridgehead atoms. The SMILES string of the molecule is Cc1cccc(OCC(O)CNC/C=C/c2ccco2)c1. The molecular formula is C17H21NO3. The number of aryl methyl sites for hydroxylation is 1. The molecule has 1 aromatic carbocycles. The third-order valence-electron chi connectivity index (χ3n) is 2.90. The summed E-state index contributed by atoms with van der Waals surface area (Å²) in [4.78, 5) is 0. The maximum Gasteiger partial charge on any atom is 0.126 e. The molecule has 2 rings (SSSR count). The van der Waals surface area contributed by atoms with Gasteiger partial charge in [0.25, 0.3) is 0 Å². The lowest BCUT2D eigenvalue weighted by Crippen LogP contribution is -2.31. The fraction of sp³-hybridized carbons (Fsp3) is 0.294. The highest BCUT2D eigenvalue weighted by Gasteiger charge is 2.04. The molecule has 112 valence electrons. The van der Waals surface area contributed by atoms with E-state index < -0.39 is 6.10 Å². The van der Waals surface area contributed by atoms with Gasteiger partial charge >= 0.3 is 0 Å². The highest BCUT2D eigenvalue weighted by atomic mass is 16.5. The van der Waals surface area contributed by atoms with Crippen LogP contribution in [-0.4, -0.2) is 30.9 Å². The quantitative estimate of drug-likeness (QED) is 0.733. The monoisotopic (exact) mass is 287 g/mol. The summed E-state index contributed by atoms with van der Waals surface area (Å²) in [5, 5.41) is 13.0. The number of furan rings is 1. The number of aliphatic hydroxyl groups excluding tert-OH is 1. The summed E-state index contributed by atoms with van der Waals surface area (Å²) in [6, 6.07) is 11.5. The number of hydrogen-bond donors (Lipinski definition) is 2. The van der Waals surface area contributed by atoms with E-state index in [1.54, 1.807) is 6.26 Å². The first-order valence-electron chi connectivity index (χ1n) is 7.02. The van der Waals surface area contributed by atoms with Crippen LogP contribution in [0.5, 0.6) is 5.75 Å². The highest BCUT2D eigenvalue weighted by molar-refractivity contribution is 5.42. The molecule has 0 aliphatic rings. The zero-order valence-corrected chi connectivity index (χ0v) is 12.2. The molecular weight excluding hydrogens is 266 g/mol. The Hall–Kier alpha value is -2.04. The Morgan fingerprint density at radius 2 is 2.24 bits per heavy atom. The summed E-state index contributed by atoms with van der Waals surface area (Å²) in [6.07, 6.45) is 4.94. The van der Waals surface area contributed by atoms with Crippen LogP contribution in [0.15, 0.2) is 53.2 Å². The minimum atomic E-state index is -0.539. The molecule has 0 saturated carbocycles. The van der Waals surface area contributed by atoms with Crippen LogP contribution in [0.25, 0.3) is 6.08 Å². The van der Waals surface area contributed by atoms with Gasteiger partial charge in [-0.05, 0) is 42.8 Å². The van der Waals surface area contributed by atoms with E-state index in [9.17, 15) is 5.11 Å². The molecule has 2 N–H and O–H groups in total. The summed E-state index contributed by atoms with van der Waals surface area (Å²) in [7, 11) is 0. The van der Waals surface area contributed by atoms with Gasteiger partial charge in [-0.25, -0.2) is 0 Å². The molecule has 1 unspecified atom stereocenters. The van der Waals surface area contributed by atoms with E-state index in [4.69, 9.17) is 9.15 Å². The summed E-state index contributed by atoms with van der Waals surface area (Å²) >= 11 is 0. The Morgan fingerprint density at radius 3 is 3.00 bits per heavy atom. The third kappa shape index (κ3) is 5.85. The Kier molecular flexibility index (Phi) is 6.06. The van der Waals surface area contributed by atoms with Crippen molar-refractivity contribution in [3.8, 4) is 5.75 Å². The van der Waals surface area contributed by atoms with Crippen molar-refractivity contribution < 1.29 is 14.3 Å². The van der Waals surface area contributed by atoms with Gasteiger partial charge in [-0.15, -0.1) is 0 Å². The Bertz CT molecular complexity index is 549. The van der Waals surface area contributed by atoms with Crippen molar-refractivity contribution in [2.45, 2.75) is 13.0 Å². The first-order chi connectivity index (χ1) is 10.2. The largest absolute Gasteiger partial charge is 0.491 e. The molecule has 0 radical (unpaired) electrons. The molecule has 0 aliphatic carbocycles. The number of ether oxygens (including phenoxy) is 1. The van der Waals surface area contributed by atoms with Gasteiger partial charge in [-0.2, -0.15) is 0 Å². The van der Waals surface area contributed by atoms with Gasteiger partial charge in [-0.3, -0.25) is 0 Å². The molecule has 4 nitrogen and oxygen atoms in total. The van der Waals surface area contributed by atoms with Crippen LogP contribution >= 0.6 is 0 Å². The van der Waals surface area contributed by atoms with E-state index in [0.717, 1.165) is 17.1 Å². The molecule has 1 heterocycles. The molecule has 21 heavy (non-hydrogen) atoms. The van der Waals surface area contributed by atoms with Crippen LogP contribution in [0.3, 0.4) is 0 Å². The van der Waals surface area contributed by atoms with Crippen molar-refractivity contribution in [3.05, 3.63) is 60.1 Å². The lowest BCUT2D eigenvalue weighted by atomic mass is 10.2. The Labute approximate surface area is 125 Å². The molecule has 0 amide bonds. The van der Waals surface area contributed by atoms with E-state index in [1.165, 1.54) is 0 Å². The van der Waals surface area contributed by atoms with Crippen molar-refractivity contribution >= 4 is 6.08 Å². The Balaban J connectivity index is 1.60. The van der Waals surface area contributed by atoms with Gasteiger partial charge in [0.05, 0.1) is 6.26 Å². The number of nitrogens with one attached hydrogen (secondary N) is 1. The zero-order valence-electron chi connectivity index (χ0n) is 12.2. The molecule has 4 heteroatoms. The standard InChI is InChI=1S/C17H21NO3/c1-14-5-2-6-17(11-14)21-13-15(19)12-18-9-3-7-16-8-4-10-20-16/h2-8,10-11,15,18-19H,9,12-13H2,1H3/b7-3+. The molecule has 0 saturated heterocycles. The maximum absolute atomic E-state index is 9.83. The van der Waals surface area contributed by atoms with Gasteiger partial charge in [0.2, 0.25) is 0 Å². The van der Waals surface area contributed by atoms with E-state index in [1.807, 2.05) is 55.5 Å². The van der Waals surface area contributed by atoms with E-state index in [-0.39, 0.29) is 6.61 Å². The number of hydrogen-bond acceptors (Lipinski definition) is 4. The topological polar surface area (TPSA) is 54.6 Å². The van der Waals surface area contributed by atoms with Crippen molar-refractivity contribution in [1.82, 2.24) is 5.32 Å². The number of aliphatic hydroxyl groups is 1. The van der Waals surface area contributed by atoms with Gasteiger partial charge in [0.1, 0.15) is 24.2 Å². The summed E-state index contributed by atoms with van der Waals surface area (Å²) in [6.45, 7) is 3.44. The van der Waals surface area contributed by atoms with Gasteiger partial charge < -0.3 is 19.6 Å². The maximum atomic E-state index is 9.83. The van der Waals surface area contributed by atoms with Crippen molar-refractivity contribution in [1.29, 1.82) is 0 Å². The summed E-state index contributed by atoms with van der Waals surface area (Å²) < 4.78 is 10.7. The fourth-order valence-corrected chi connectivity index (χ4v) is 1.85. The highest BCUT2D eigenvalue weighted by Crippen LogP contribution is 2.12. The minimum Gasteiger partial charge on any atom is -0.491 e. The molecule has 1 aromatic heterocycles. The smallest absolute Gasteiger partial charge is 0.126 e. The zero-order chi connectivity index (χ0) is 14.9. The Morgan fingerprint density at radius 1 is 1.33 bits per heavy atom. The van der Waals surface area contributed by atoms with Crippen molar-refractivity contribution in [3.63, 3.8) is 0 Å². The third-order valence-corrected chi connectivity index (χ3v) is 2.90. The van der Waals surface area contributed by atoms with Gasteiger partial charge in [-0.1, -0.05) is 18.2 Å².